The van der Waals surface area contributed by atoms with Gasteiger partial charge in [0.15, 0.2) is 0 Å². The highest BCUT2D eigenvalue weighted by molar-refractivity contribution is 6.07. The van der Waals surface area contributed by atoms with Crippen LogP contribution in [-0.4, -0.2) is 23.7 Å². The molecule has 0 aliphatic rings. The molecule has 0 saturated carbocycles. The number of aromatic nitrogens is 1. The minimum Gasteiger partial charge on any atom is -0.494 e. The highest BCUT2D eigenvalue weighted by Gasteiger charge is 2.14. The predicted octanol–water partition coefficient (Wildman–Crippen LogP) is 5.75. The molecule has 1 N–H and O–H groups in total. The molecule has 0 aliphatic heterocycles. The van der Waals surface area contributed by atoms with Crippen molar-refractivity contribution >= 4 is 23.0 Å². The quantitative estimate of drug-likeness (QED) is 0.221. The van der Waals surface area contributed by atoms with Gasteiger partial charge in [-0.15, -0.1) is 0 Å². The van der Waals surface area contributed by atoms with Crippen molar-refractivity contribution in [3.8, 4) is 17.0 Å². The zero-order chi connectivity index (χ0) is 22.3. The summed E-state index contributed by atoms with van der Waals surface area (Å²) in [7, 11) is 0. The number of hydrogen-bond donors (Lipinski definition) is 1. The lowest BCUT2D eigenvalue weighted by atomic mass is 10.0. The lowest BCUT2D eigenvalue weighted by Crippen LogP contribution is -2.18. The van der Waals surface area contributed by atoms with Gasteiger partial charge in [-0.25, -0.2) is 10.4 Å². The zero-order valence-electron chi connectivity index (χ0n) is 18.2. The van der Waals surface area contributed by atoms with Crippen molar-refractivity contribution in [2.24, 2.45) is 5.10 Å². The number of para-hydroxylation sites is 1. The van der Waals surface area contributed by atoms with Gasteiger partial charge in [0.1, 0.15) is 17.3 Å². The number of rotatable bonds is 8. The number of hydrazone groups is 1. The van der Waals surface area contributed by atoms with Crippen LogP contribution in [-0.2, 0) is 0 Å². The summed E-state index contributed by atoms with van der Waals surface area (Å²) >= 11 is 0. The maximum Gasteiger partial charge on any atom is 0.272 e. The standard InChI is InChI=1S/C26H25N3O3/c1-3-4-14-31-20-9-7-8-19(15-20)25-16-23(22-10-5-6-11-24(22)28-25)26(30)29-27-17-21-13-12-18(2)32-21/h5-13,15-17H,3-4,14H2,1-2H3,(H,29,30). The van der Waals surface area contributed by atoms with Gasteiger partial charge in [-0.2, -0.15) is 5.10 Å². The summed E-state index contributed by atoms with van der Waals surface area (Å²) in [4.78, 5) is 17.7. The molecule has 2 aromatic carbocycles. The Balaban J connectivity index is 1.63. The Morgan fingerprint density at radius 3 is 2.81 bits per heavy atom. The summed E-state index contributed by atoms with van der Waals surface area (Å²) < 4.78 is 11.3. The van der Waals surface area contributed by atoms with E-state index in [0.29, 0.717) is 23.6 Å². The van der Waals surface area contributed by atoms with Gasteiger partial charge in [0.2, 0.25) is 0 Å². The lowest BCUT2D eigenvalue weighted by Gasteiger charge is -2.10. The van der Waals surface area contributed by atoms with E-state index in [1.807, 2.05) is 61.5 Å². The first-order valence-electron chi connectivity index (χ1n) is 10.7. The Morgan fingerprint density at radius 1 is 1.12 bits per heavy atom. The maximum atomic E-state index is 13.0. The topological polar surface area (TPSA) is 76.7 Å². The number of fused-ring (bicyclic) bond motifs is 1. The Bertz CT molecular complexity index is 1260. The summed E-state index contributed by atoms with van der Waals surface area (Å²) in [5.41, 5.74) is 5.40. The predicted molar refractivity (Wildman–Crippen MR) is 126 cm³/mol. The number of nitrogens with one attached hydrogen (secondary N) is 1. The van der Waals surface area contributed by atoms with E-state index in [1.165, 1.54) is 6.21 Å². The van der Waals surface area contributed by atoms with Crippen LogP contribution in [0.15, 0.2) is 76.2 Å². The minimum absolute atomic E-state index is 0.320. The molecule has 2 aromatic heterocycles. The first-order chi connectivity index (χ1) is 15.6. The summed E-state index contributed by atoms with van der Waals surface area (Å²) in [6.45, 7) is 4.65. The van der Waals surface area contributed by atoms with E-state index in [-0.39, 0.29) is 5.91 Å². The number of hydrogen-bond acceptors (Lipinski definition) is 5. The molecule has 0 saturated heterocycles. The largest absolute Gasteiger partial charge is 0.494 e. The van der Waals surface area contributed by atoms with E-state index >= 15 is 0 Å². The highest BCUT2D eigenvalue weighted by atomic mass is 16.5. The van der Waals surface area contributed by atoms with Crippen molar-refractivity contribution in [2.45, 2.75) is 26.7 Å². The second-order valence-electron chi connectivity index (χ2n) is 7.45. The molecule has 1 amide bonds. The van der Waals surface area contributed by atoms with Gasteiger partial charge in [0, 0.05) is 10.9 Å². The molecule has 0 atom stereocenters. The number of pyridine rings is 1. The summed E-state index contributed by atoms with van der Waals surface area (Å²) in [5, 5.41) is 4.80. The Labute approximate surface area is 186 Å². The molecule has 2 heterocycles. The van der Waals surface area contributed by atoms with Crippen LogP contribution >= 0.6 is 0 Å². The van der Waals surface area contributed by atoms with Gasteiger partial charge in [0.05, 0.1) is 29.6 Å². The molecule has 0 radical (unpaired) electrons. The third-order valence-electron chi connectivity index (χ3n) is 4.98. The number of furan rings is 1. The van der Waals surface area contributed by atoms with Crippen LogP contribution in [0.2, 0.25) is 0 Å². The van der Waals surface area contributed by atoms with Crippen molar-refractivity contribution in [3.63, 3.8) is 0 Å². The van der Waals surface area contributed by atoms with E-state index in [1.54, 1.807) is 12.1 Å². The van der Waals surface area contributed by atoms with Gasteiger partial charge < -0.3 is 9.15 Å². The van der Waals surface area contributed by atoms with E-state index in [4.69, 9.17) is 14.1 Å². The van der Waals surface area contributed by atoms with Gasteiger partial charge in [-0.3, -0.25) is 4.79 Å². The van der Waals surface area contributed by atoms with E-state index in [9.17, 15) is 4.79 Å². The number of unbranched alkanes of at least 4 members (excludes halogenated alkanes) is 1. The summed E-state index contributed by atoms with van der Waals surface area (Å²) in [6, 6.07) is 20.8. The molecular formula is C26H25N3O3. The molecular weight excluding hydrogens is 402 g/mol. The fourth-order valence-corrected chi connectivity index (χ4v) is 3.33. The van der Waals surface area contributed by atoms with Crippen molar-refractivity contribution in [1.82, 2.24) is 10.4 Å². The fraction of sp³-hybridized carbons (Fsp3) is 0.192. The second-order valence-corrected chi connectivity index (χ2v) is 7.45. The van der Waals surface area contributed by atoms with E-state index in [2.05, 4.69) is 17.5 Å². The van der Waals surface area contributed by atoms with Crippen molar-refractivity contribution in [2.75, 3.05) is 6.61 Å². The van der Waals surface area contributed by atoms with Gasteiger partial charge >= 0.3 is 0 Å². The van der Waals surface area contributed by atoms with Crippen molar-refractivity contribution < 1.29 is 13.9 Å². The van der Waals surface area contributed by atoms with Crippen LogP contribution in [0.1, 0.15) is 41.6 Å². The van der Waals surface area contributed by atoms with Gasteiger partial charge in [-0.1, -0.05) is 43.7 Å². The maximum absolute atomic E-state index is 13.0. The average molecular weight is 428 g/mol. The number of nitrogens with zero attached hydrogens (tertiary/aromatic N) is 2. The number of aryl methyl sites for hydroxylation is 1. The molecule has 0 bridgehead atoms. The summed E-state index contributed by atoms with van der Waals surface area (Å²) in [5.74, 6) is 1.82. The number of carbonyl (C=O) groups excluding carboxylic acids is 1. The lowest BCUT2D eigenvalue weighted by molar-refractivity contribution is 0.0956. The molecule has 0 unspecified atom stereocenters. The van der Waals surface area contributed by atoms with Crippen LogP contribution in [0.3, 0.4) is 0 Å². The van der Waals surface area contributed by atoms with Crippen LogP contribution < -0.4 is 10.2 Å². The van der Waals surface area contributed by atoms with Crippen molar-refractivity contribution in [1.29, 1.82) is 0 Å². The smallest absolute Gasteiger partial charge is 0.272 e. The van der Waals surface area contributed by atoms with Gasteiger partial charge in [-0.05, 0) is 49.7 Å². The summed E-state index contributed by atoms with van der Waals surface area (Å²) in [6.07, 6.45) is 3.56. The molecule has 32 heavy (non-hydrogen) atoms. The van der Waals surface area contributed by atoms with E-state index in [0.717, 1.165) is 40.8 Å². The molecule has 162 valence electrons. The first kappa shape index (κ1) is 21.3. The normalized spacial score (nSPS) is 11.2. The van der Waals surface area contributed by atoms with E-state index < -0.39 is 0 Å². The highest BCUT2D eigenvalue weighted by Crippen LogP contribution is 2.27. The molecule has 6 nitrogen and oxygen atoms in total. The van der Waals surface area contributed by atoms with Crippen LogP contribution in [0.4, 0.5) is 0 Å². The Hall–Kier alpha value is -3.93. The minimum atomic E-state index is -0.320. The zero-order valence-corrected chi connectivity index (χ0v) is 18.2. The van der Waals surface area contributed by atoms with Crippen molar-refractivity contribution in [3.05, 3.63) is 83.8 Å². The number of benzene rings is 2. The monoisotopic (exact) mass is 427 g/mol. The average Bonchev–Trinajstić information content (AvgIpc) is 3.23. The Morgan fingerprint density at radius 2 is 2.00 bits per heavy atom. The third-order valence-corrected chi connectivity index (χ3v) is 4.98. The van der Waals surface area contributed by atoms with Crippen LogP contribution in [0, 0.1) is 6.92 Å². The molecule has 0 fully saturated rings. The Kier molecular flexibility index (Phi) is 6.60. The second kappa shape index (κ2) is 9.92. The molecule has 4 rings (SSSR count). The molecule has 6 heteroatoms. The molecule has 4 aromatic rings. The number of ether oxygens (including phenoxy) is 1. The number of carbonyl (C=O) groups is 1. The van der Waals surface area contributed by atoms with Crippen LogP contribution in [0.5, 0.6) is 5.75 Å². The van der Waals surface area contributed by atoms with Gasteiger partial charge in [0.25, 0.3) is 5.91 Å². The third kappa shape index (κ3) is 5.03. The SMILES string of the molecule is CCCCOc1cccc(-c2cc(C(=O)NN=Cc3ccc(C)o3)c3ccccc3n2)c1. The fourth-order valence-electron chi connectivity index (χ4n) is 3.33. The first-order valence-corrected chi connectivity index (χ1v) is 10.7. The molecule has 0 spiro atoms. The molecule has 0 aliphatic carbocycles. The van der Waals surface area contributed by atoms with Crippen LogP contribution in [0.25, 0.3) is 22.2 Å². The number of amides is 1.